The van der Waals surface area contributed by atoms with E-state index in [9.17, 15) is 0 Å². The Morgan fingerprint density at radius 1 is 0.720 bits per heavy atom. The number of piperazine rings is 1. The van der Waals surface area contributed by atoms with Crippen molar-refractivity contribution < 1.29 is 0 Å². The third-order valence-corrected chi connectivity index (χ3v) is 4.87. The van der Waals surface area contributed by atoms with E-state index < -0.39 is 0 Å². The van der Waals surface area contributed by atoms with Gasteiger partial charge in [-0.05, 0) is 34.4 Å². The Morgan fingerprint density at radius 2 is 1.32 bits per heavy atom. The average molecular weight is 329 g/mol. The molecule has 0 aliphatic carbocycles. The molecule has 1 aromatic heterocycles. The highest BCUT2D eigenvalue weighted by atomic mass is 15.2. The van der Waals surface area contributed by atoms with Crippen molar-refractivity contribution >= 4 is 0 Å². The molecule has 0 bridgehead atoms. The van der Waals surface area contributed by atoms with Crippen LogP contribution in [0.5, 0.6) is 0 Å². The van der Waals surface area contributed by atoms with Gasteiger partial charge in [0, 0.05) is 38.6 Å². The molecule has 4 rings (SSSR count). The van der Waals surface area contributed by atoms with Gasteiger partial charge in [0.1, 0.15) is 0 Å². The molecule has 25 heavy (non-hydrogen) atoms. The van der Waals surface area contributed by atoms with Crippen LogP contribution in [-0.2, 0) is 0 Å². The van der Waals surface area contributed by atoms with Crippen LogP contribution in [0.2, 0.25) is 0 Å². The summed E-state index contributed by atoms with van der Waals surface area (Å²) in [6, 6.07) is 24.3. The molecule has 1 aliphatic rings. The molecule has 1 saturated heterocycles. The van der Waals surface area contributed by atoms with Crippen LogP contribution >= 0.6 is 0 Å². The van der Waals surface area contributed by atoms with E-state index in [4.69, 9.17) is 0 Å². The van der Waals surface area contributed by atoms with Gasteiger partial charge < -0.3 is 5.32 Å². The minimum atomic E-state index is 0.315. The number of aromatic nitrogens is 1. The van der Waals surface area contributed by atoms with Crippen molar-refractivity contribution in [1.82, 2.24) is 15.2 Å². The number of nitrogens with zero attached hydrogens (tertiary/aromatic N) is 2. The van der Waals surface area contributed by atoms with E-state index in [0.717, 1.165) is 26.2 Å². The van der Waals surface area contributed by atoms with Crippen LogP contribution in [0.4, 0.5) is 0 Å². The van der Waals surface area contributed by atoms with Crippen LogP contribution in [0, 0.1) is 0 Å². The van der Waals surface area contributed by atoms with Crippen LogP contribution in [0.25, 0.3) is 11.1 Å². The Hall–Kier alpha value is -2.49. The lowest BCUT2D eigenvalue weighted by molar-refractivity contribution is 0.198. The monoisotopic (exact) mass is 329 g/mol. The Labute approximate surface area is 149 Å². The predicted octanol–water partition coefficient (Wildman–Crippen LogP) is 3.74. The minimum Gasteiger partial charge on any atom is -0.314 e. The van der Waals surface area contributed by atoms with Gasteiger partial charge in [0.15, 0.2) is 0 Å². The molecule has 0 saturated carbocycles. The Bertz CT molecular complexity index is 779. The van der Waals surface area contributed by atoms with Crippen molar-refractivity contribution in [3.63, 3.8) is 0 Å². The summed E-state index contributed by atoms with van der Waals surface area (Å²) in [6.07, 6.45) is 3.69. The van der Waals surface area contributed by atoms with E-state index in [-0.39, 0.29) is 0 Å². The molecule has 0 radical (unpaired) electrons. The summed E-state index contributed by atoms with van der Waals surface area (Å²) < 4.78 is 0. The van der Waals surface area contributed by atoms with Gasteiger partial charge in [-0.1, -0.05) is 54.6 Å². The molecule has 3 aromatic rings. The maximum Gasteiger partial charge on any atom is 0.0602 e. The molecule has 2 aromatic carbocycles. The fourth-order valence-electron chi connectivity index (χ4n) is 3.59. The van der Waals surface area contributed by atoms with Gasteiger partial charge in [-0.25, -0.2) is 0 Å². The van der Waals surface area contributed by atoms with Crippen molar-refractivity contribution in [2.24, 2.45) is 0 Å². The molecule has 1 unspecified atom stereocenters. The first-order valence-electron chi connectivity index (χ1n) is 8.92. The molecule has 2 heterocycles. The first-order valence-corrected chi connectivity index (χ1v) is 8.92. The minimum absolute atomic E-state index is 0.315. The third-order valence-electron chi connectivity index (χ3n) is 4.87. The second kappa shape index (κ2) is 7.60. The van der Waals surface area contributed by atoms with Crippen molar-refractivity contribution in [2.75, 3.05) is 26.2 Å². The molecule has 3 heteroatoms. The molecule has 0 amide bonds. The molecule has 1 fully saturated rings. The molecule has 1 N–H and O–H groups in total. The normalized spacial score (nSPS) is 16.5. The molecular formula is C22H23N3. The highest BCUT2D eigenvalue weighted by Crippen LogP contribution is 2.30. The topological polar surface area (TPSA) is 28.2 Å². The quantitative estimate of drug-likeness (QED) is 0.790. The van der Waals surface area contributed by atoms with Crippen LogP contribution in [-0.4, -0.2) is 36.1 Å². The number of rotatable bonds is 4. The summed E-state index contributed by atoms with van der Waals surface area (Å²) in [6.45, 7) is 4.26. The average Bonchev–Trinajstić information content (AvgIpc) is 2.71. The SMILES string of the molecule is c1ccc(C(c2ccc(-c3ccncc3)cc2)N2CCNCC2)cc1. The van der Waals surface area contributed by atoms with Crippen molar-refractivity contribution in [1.29, 1.82) is 0 Å². The zero-order chi connectivity index (χ0) is 16.9. The van der Waals surface area contributed by atoms with Crippen LogP contribution in [0.1, 0.15) is 17.2 Å². The molecule has 126 valence electrons. The lowest BCUT2D eigenvalue weighted by Gasteiger charge is -2.35. The fraction of sp³-hybridized carbons (Fsp3) is 0.227. The predicted molar refractivity (Wildman–Crippen MR) is 102 cm³/mol. The lowest BCUT2D eigenvalue weighted by Crippen LogP contribution is -2.45. The van der Waals surface area contributed by atoms with Crippen LogP contribution in [0.3, 0.4) is 0 Å². The van der Waals surface area contributed by atoms with Crippen LogP contribution in [0.15, 0.2) is 79.1 Å². The molecule has 3 nitrogen and oxygen atoms in total. The number of nitrogens with one attached hydrogen (secondary N) is 1. The number of pyridine rings is 1. The molecule has 1 atom stereocenters. The second-order valence-electron chi connectivity index (χ2n) is 6.46. The number of hydrogen-bond acceptors (Lipinski definition) is 3. The third kappa shape index (κ3) is 3.63. The van der Waals surface area contributed by atoms with Gasteiger partial charge in [0.25, 0.3) is 0 Å². The maximum absolute atomic E-state index is 4.10. The van der Waals surface area contributed by atoms with E-state index in [1.807, 2.05) is 12.4 Å². The van der Waals surface area contributed by atoms with Crippen molar-refractivity contribution in [3.05, 3.63) is 90.3 Å². The summed E-state index contributed by atoms with van der Waals surface area (Å²) in [5, 5.41) is 3.46. The largest absolute Gasteiger partial charge is 0.314 e. The van der Waals surface area contributed by atoms with Gasteiger partial charge in [0.2, 0.25) is 0 Å². The summed E-state index contributed by atoms with van der Waals surface area (Å²) in [7, 11) is 0. The molecule has 1 aliphatic heterocycles. The number of hydrogen-bond donors (Lipinski definition) is 1. The van der Waals surface area contributed by atoms with E-state index in [2.05, 4.69) is 81.9 Å². The number of benzene rings is 2. The summed E-state index contributed by atoms with van der Waals surface area (Å²) in [5.41, 5.74) is 5.16. The summed E-state index contributed by atoms with van der Waals surface area (Å²) in [5.74, 6) is 0. The lowest BCUT2D eigenvalue weighted by atomic mass is 9.94. The Balaban J connectivity index is 1.67. The first-order chi connectivity index (χ1) is 12.4. The summed E-state index contributed by atoms with van der Waals surface area (Å²) >= 11 is 0. The molecular weight excluding hydrogens is 306 g/mol. The first kappa shape index (κ1) is 16.0. The Morgan fingerprint density at radius 3 is 2.00 bits per heavy atom. The smallest absolute Gasteiger partial charge is 0.0602 e. The van der Waals surface area contributed by atoms with Gasteiger partial charge >= 0.3 is 0 Å². The standard InChI is InChI=1S/C22H23N3/c1-2-4-20(5-3-1)22(25-16-14-24-15-17-25)21-8-6-18(7-9-21)19-10-12-23-13-11-19/h1-13,22,24H,14-17H2. The zero-order valence-corrected chi connectivity index (χ0v) is 14.3. The highest BCUT2D eigenvalue weighted by molar-refractivity contribution is 5.63. The van der Waals surface area contributed by atoms with E-state index >= 15 is 0 Å². The van der Waals surface area contributed by atoms with Crippen molar-refractivity contribution in [2.45, 2.75) is 6.04 Å². The summed E-state index contributed by atoms with van der Waals surface area (Å²) in [4.78, 5) is 6.68. The fourth-order valence-corrected chi connectivity index (χ4v) is 3.59. The van der Waals surface area contributed by atoms with E-state index in [1.165, 1.54) is 22.3 Å². The second-order valence-corrected chi connectivity index (χ2v) is 6.46. The van der Waals surface area contributed by atoms with Gasteiger partial charge in [0.05, 0.1) is 6.04 Å². The van der Waals surface area contributed by atoms with Gasteiger partial charge in [-0.2, -0.15) is 0 Å². The van der Waals surface area contributed by atoms with E-state index in [1.54, 1.807) is 0 Å². The molecule has 0 spiro atoms. The van der Waals surface area contributed by atoms with Crippen LogP contribution < -0.4 is 5.32 Å². The zero-order valence-electron chi connectivity index (χ0n) is 14.3. The highest BCUT2D eigenvalue weighted by Gasteiger charge is 2.23. The van der Waals surface area contributed by atoms with E-state index in [0.29, 0.717) is 6.04 Å². The maximum atomic E-state index is 4.10. The van der Waals surface area contributed by atoms with Gasteiger partial charge in [-0.15, -0.1) is 0 Å². The van der Waals surface area contributed by atoms with Crippen molar-refractivity contribution in [3.8, 4) is 11.1 Å². The van der Waals surface area contributed by atoms with Gasteiger partial charge in [-0.3, -0.25) is 9.88 Å². The Kier molecular flexibility index (Phi) is 4.86.